The highest BCUT2D eigenvalue weighted by Gasteiger charge is 2.12. The maximum absolute atomic E-state index is 10.4. The molecule has 0 fully saturated rings. The first-order chi connectivity index (χ1) is 5.65. The average Bonchev–Trinajstić information content (AvgIpc) is 2.03. The second-order valence-corrected chi connectivity index (χ2v) is 2.87. The van der Waals surface area contributed by atoms with E-state index in [2.05, 4.69) is 20.9 Å². The maximum Gasteiger partial charge on any atom is 0.290 e. The third-order valence-electron chi connectivity index (χ3n) is 1.31. The first-order valence-electron chi connectivity index (χ1n) is 3.15. The van der Waals surface area contributed by atoms with Crippen LogP contribution in [0, 0.1) is 10.1 Å². The van der Waals surface area contributed by atoms with Crippen molar-refractivity contribution in [2.45, 2.75) is 6.32 Å². The van der Waals surface area contributed by atoms with Crippen LogP contribution in [0.5, 0.6) is 0 Å². The zero-order valence-electron chi connectivity index (χ0n) is 6.03. The fourth-order valence-electron chi connectivity index (χ4n) is 0.784. The van der Waals surface area contributed by atoms with Gasteiger partial charge in [-0.25, -0.2) is 4.98 Å². The predicted molar refractivity (Wildman–Crippen MR) is 48.0 cm³/mol. The van der Waals surface area contributed by atoms with E-state index in [1.54, 1.807) is 0 Å². The molecule has 6 heteroatoms. The number of pyridine rings is 1. The van der Waals surface area contributed by atoms with E-state index in [9.17, 15) is 10.1 Å². The topological polar surface area (TPSA) is 56.0 Å². The van der Waals surface area contributed by atoms with E-state index in [1.165, 1.54) is 12.1 Å². The molecule has 0 aliphatic carbocycles. The molecule has 1 aromatic heterocycles. The van der Waals surface area contributed by atoms with Crippen molar-refractivity contribution in [1.82, 2.24) is 4.98 Å². The lowest BCUT2D eigenvalue weighted by molar-refractivity contribution is -0.385. The molecule has 0 atom stereocenters. The van der Waals surface area contributed by atoms with Gasteiger partial charge in [-0.1, -0.05) is 0 Å². The Hall–Kier alpha value is -0.905. The molecule has 1 rings (SSSR count). The third kappa shape index (κ3) is 1.82. The van der Waals surface area contributed by atoms with E-state index in [0.717, 1.165) is 0 Å². The number of aromatic nitrogens is 1. The lowest BCUT2D eigenvalue weighted by Gasteiger charge is -1.98. The summed E-state index contributed by atoms with van der Waals surface area (Å²) in [6, 6.07) is 2.89. The molecule has 0 aliphatic heterocycles. The van der Waals surface area contributed by atoms with E-state index >= 15 is 0 Å². The molecule has 2 radical (unpaired) electrons. The van der Waals surface area contributed by atoms with Crippen LogP contribution in [0.25, 0.3) is 0 Å². The molecule has 4 nitrogen and oxygen atoms in total. The molecule has 0 aromatic carbocycles. The molecule has 0 N–H and O–H groups in total. The van der Waals surface area contributed by atoms with Crippen molar-refractivity contribution >= 4 is 29.5 Å². The lowest BCUT2D eigenvalue weighted by atomic mass is 10.0. The quantitative estimate of drug-likeness (QED) is 0.332. The van der Waals surface area contributed by atoms with Crippen molar-refractivity contribution < 1.29 is 4.92 Å². The number of halogens is 1. The molecular formula is C6H4BBrN2O2. The molecule has 60 valence electrons. The van der Waals surface area contributed by atoms with Crippen LogP contribution in [0.1, 0.15) is 5.69 Å². The van der Waals surface area contributed by atoms with Gasteiger partial charge in [-0.15, -0.1) is 0 Å². The number of hydrogen-bond acceptors (Lipinski definition) is 3. The molecule has 0 amide bonds. The number of nitro groups is 1. The summed E-state index contributed by atoms with van der Waals surface area (Å²) in [6.45, 7) is 0. The van der Waals surface area contributed by atoms with Crippen LogP contribution in [0.15, 0.2) is 16.7 Å². The van der Waals surface area contributed by atoms with Crippen molar-refractivity contribution in [3.8, 4) is 0 Å². The Morgan fingerprint density at radius 1 is 1.67 bits per heavy atom. The van der Waals surface area contributed by atoms with Gasteiger partial charge in [0, 0.05) is 6.07 Å². The Balaban J connectivity index is 3.20. The van der Waals surface area contributed by atoms with Crippen molar-refractivity contribution in [1.29, 1.82) is 0 Å². The molecule has 0 aliphatic rings. The zero-order valence-corrected chi connectivity index (χ0v) is 7.61. The Kier molecular flexibility index (Phi) is 2.81. The standard InChI is InChI=1S/C6H4BBrN2O2/c7-3-4-5(10(11)12)1-2-6(8)9-4/h1-2H,3H2. The van der Waals surface area contributed by atoms with Gasteiger partial charge in [0.05, 0.1) is 12.8 Å². The molecule has 0 saturated heterocycles. The largest absolute Gasteiger partial charge is 0.290 e. The van der Waals surface area contributed by atoms with Gasteiger partial charge in [0.1, 0.15) is 10.3 Å². The van der Waals surface area contributed by atoms with E-state index in [1.807, 2.05) is 0 Å². The van der Waals surface area contributed by atoms with Crippen molar-refractivity contribution in [2.24, 2.45) is 0 Å². The summed E-state index contributed by atoms with van der Waals surface area (Å²) in [7, 11) is 5.27. The van der Waals surface area contributed by atoms with Crippen molar-refractivity contribution in [3.63, 3.8) is 0 Å². The van der Waals surface area contributed by atoms with Crippen LogP contribution in [0.2, 0.25) is 0 Å². The molecule has 0 bridgehead atoms. The molecule has 0 spiro atoms. The highest BCUT2D eigenvalue weighted by Crippen LogP contribution is 2.18. The van der Waals surface area contributed by atoms with Gasteiger partial charge in [-0.3, -0.25) is 10.1 Å². The third-order valence-corrected chi connectivity index (χ3v) is 1.75. The second kappa shape index (κ2) is 3.66. The van der Waals surface area contributed by atoms with E-state index in [-0.39, 0.29) is 17.7 Å². The predicted octanol–water partition coefficient (Wildman–Crippen LogP) is 1.42. The summed E-state index contributed by atoms with van der Waals surface area (Å²) in [5, 5.41) is 10.4. The number of rotatable bonds is 2. The zero-order chi connectivity index (χ0) is 9.14. The Morgan fingerprint density at radius 2 is 2.33 bits per heavy atom. The van der Waals surface area contributed by atoms with Gasteiger partial charge in [-0.05, 0) is 28.3 Å². The molecule has 0 saturated carbocycles. The van der Waals surface area contributed by atoms with Gasteiger partial charge >= 0.3 is 0 Å². The Labute approximate surface area is 78.7 Å². The minimum atomic E-state index is -0.498. The highest BCUT2D eigenvalue weighted by atomic mass is 79.9. The SMILES string of the molecule is [B]Cc1nc(Br)ccc1[N+](=O)[O-]. The molecule has 0 unspecified atom stereocenters. The normalized spacial score (nSPS) is 9.75. The van der Waals surface area contributed by atoms with Crippen LogP contribution in [0.4, 0.5) is 5.69 Å². The van der Waals surface area contributed by atoms with E-state index in [0.29, 0.717) is 4.60 Å². The lowest BCUT2D eigenvalue weighted by Crippen LogP contribution is -1.98. The number of nitrogens with zero attached hydrogens (tertiary/aromatic N) is 2. The van der Waals surface area contributed by atoms with E-state index in [4.69, 9.17) is 7.85 Å². The Morgan fingerprint density at radius 3 is 2.83 bits per heavy atom. The van der Waals surface area contributed by atoms with Gasteiger partial charge in [0.25, 0.3) is 5.69 Å². The molecular weight excluding hydrogens is 223 g/mol. The Bertz CT molecular complexity index is 318. The molecule has 12 heavy (non-hydrogen) atoms. The fraction of sp³-hybridized carbons (Fsp3) is 0.167. The van der Waals surface area contributed by atoms with Crippen LogP contribution >= 0.6 is 15.9 Å². The fourth-order valence-corrected chi connectivity index (χ4v) is 1.13. The van der Waals surface area contributed by atoms with Crippen molar-refractivity contribution in [2.75, 3.05) is 0 Å². The first kappa shape index (κ1) is 9.19. The van der Waals surface area contributed by atoms with Crippen molar-refractivity contribution in [3.05, 3.63) is 32.5 Å². The monoisotopic (exact) mass is 226 g/mol. The minimum Gasteiger partial charge on any atom is -0.258 e. The first-order valence-corrected chi connectivity index (χ1v) is 3.94. The summed E-state index contributed by atoms with van der Waals surface area (Å²) in [5.41, 5.74) is 0.245. The van der Waals surface area contributed by atoms with Crippen LogP contribution in [-0.2, 0) is 6.32 Å². The van der Waals surface area contributed by atoms with Gasteiger partial charge in [0.2, 0.25) is 0 Å². The maximum atomic E-state index is 10.4. The summed E-state index contributed by atoms with van der Waals surface area (Å²) in [6.07, 6.45) is 0.0652. The number of hydrogen-bond donors (Lipinski definition) is 0. The molecule has 1 aromatic rings. The summed E-state index contributed by atoms with van der Waals surface area (Å²) in [4.78, 5) is 13.8. The smallest absolute Gasteiger partial charge is 0.258 e. The van der Waals surface area contributed by atoms with E-state index < -0.39 is 4.92 Å². The van der Waals surface area contributed by atoms with Crippen LogP contribution < -0.4 is 0 Å². The second-order valence-electron chi connectivity index (χ2n) is 2.06. The minimum absolute atomic E-state index is 0.0410. The summed E-state index contributed by atoms with van der Waals surface area (Å²) >= 11 is 3.10. The van der Waals surface area contributed by atoms with Crippen LogP contribution in [0.3, 0.4) is 0 Å². The van der Waals surface area contributed by atoms with Gasteiger partial charge in [-0.2, -0.15) is 0 Å². The van der Waals surface area contributed by atoms with Gasteiger partial charge in [0.15, 0.2) is 0 Å². The summed E-state index contributed by atoms with van der Waals surface area (Å²) in [5.74, 6) is 0. The van der Waals surface area contributed by atoms with Gasteiger partial charge < -0.3 is 0 Å². The molecule has 1 heterocycles. The highest BCUT2D eigenvalue weighted by molar-refractivity contribution is 9.10. The average molecular weight is 227 g/mol. The van der Waals surface area contributed by atoms with Crippen LogP contribution in [-0.4, -0.2) is 17.8 Å². The summed E-state index contributed by atoms with van der Waals surface area (Å²) < 4.78 is 0.550.